The van der Waals surface area contributed by atoms with Crippen LogP contribution < -0.4 is 0 Å². The summed E-state index contributed by atoms with van der Waals surface area (Å²) in [5, 5.41) is 15.0. The van der Waals surface area contributed by atoms with Crippen molar-refractivity contribution >= 4 is 164 Å². The molecular weight excluding hydrogens is 1610 g/mol. The first-order chi connectivity index (χ1) is 65.6. The molecule has 132 heavy (non-hydrogen) atoms. The highest BCUT2D eigenvalue weighted by Crippen LogP contribution is 2.47. The summed E-state index contributed by atoms with van der Waals surface area (Å²) >= 11 is 0. The molecule has 0 saturated heterocycles. The lowest BCUT2D eigenvalue weighted by Crippen LogP contribution is -1.98. The number of fused-ring (bicyclic) bond motifs is 27. The Balaban J connectivity index is 0.000000106. The second-order valence-electron chi connectivity index (χ2n) is 33.8. The SMILES string of the molecule is c1ccc(-c2cc(-c3ccccc3)cc(-n3c4ccccc4c4ccc5c(cnc6c7ccccc7n(-c7cccc(-c8ccccc8)c7)c56)c43)c2)cc1.c1ccc(-c2ccc(-n3c4ccccc4c4cnc5c(ncc6c7ccccc7n(-c7ccccc7)c65)c43)cc2)cc1.c1ccc(-n2c3ccccc3c3cnc4c(ncc5c6ccccc6n(-c6ccccc6)c54)c32)cc1. The minimum Gasteiger partial charge on any atom is -0.309 e. The van der Waals surface area contributed by atoms with Crippen LogP contribution in [0.3, 0.4) is 0 Å². The van der Waals surface area contributed by atoms with E-state index in [1.807, 2.05) is 24.8 Å². The van der Waals surface area contributed by atoms with Crippen molar-refractivity contribution in [2.24, 2.45) is 0 Å². The molecule has 11 aromatic heterocycles. The predicted molar refractivity (Wildman–Crippen MR) is 549 cm³/mol. The van der Waals surface area contributed by atoms with Crippen molar-refractivity contribution in [1.82, 2.24) is 52.3 Å². The summed E-state index contributed by atoms with van der Waals surface area (Å²) in [5.41, 5.74) is 34.2. The van der Waals surface area contributed by atoms with Crippen LogP contribution in [0, 0.1) is 0 Å². The van der Waals surface area contributed by atoms with Gasteiger partial charge in [-0.1, -0.05) is 322 Å². The normalized spacial score (nSPS) is 11.8. The Kier molecular flexibility index (Phi) is 17.7. The third-order valence-electron chi connectivity index (χ3n) is 26.5. The zero-order valence-electron chi connectivity index (χ0n) is 71.4. The smallest absolute Gasteiger partial charge is 0.115 e. The maximum absolute atomic E-state index is 5.32. The van der Waals surface area contributed by atoms with Crippen LogP contribution in [0.4, 0.5) is 0 Å². The van der Waals surface area contributed by atoms with E-state index in [4.69, 9.17) is 24.9 Å². The Morgan fingerprint density at radius 1 is 0.121 bits per heavy atom. The number of para-hydroxylation sites is 9. The van der Waals surface area contributed by atoms with E-state index in [0.29, 0.717) is 0 Å². The van der Waals surface area contributed by atoms with Crippen molar-refractivity contribution in [3.05, 3.63) is 468 Å². The molecule has 0 saturated carbocycles. The van der Waals surface area contributed by atoms with Gasteiger partial charge in [-0.05, 0) is 160 Å². The Morgan fingerprint density at radius 2 is 0.348 bits per heavy atom. The van der Waals surface area contributed by atoms with Crippen LogP contribution in [0.25, 0.3) is 242 Å². The fourth-order valence-corrected chi connectivity index (χ4v) is 20.7. The summed E-state index contributed by atoms with van der Waals surface area (Å²) < 4.78 is 14.2. The first kappa shape index (κ1) is 75.4. The highest BCUT2D eigenvalue weighted by Gasteiger charge is 2.27. The van der Waals surface area contributed by atoms with Gasteiger partial charge in [-0.2, -0.15) is 0 Å². The molecule has 0 aliphatic rings. The molecule has 0 radical (unpaired) electrons. The number of nitrogens with zero attached hydrogens (tertiary/aromatic N) is 11. The van der Waals surface area contributed by atoms with Crippen LogP contribution in [0.15, 0.2) is 468 Å². The van der Waals surface area contributed by atoms with Crippen molar-refractivity contribution < 1.29 is 0 Å². The van der Waals surface area contributed by atoms with Gasteiger partial charge in [0.25, 0.3) is 0 Å². The first-order valence-electron chi connectivity index (χ1n) is 44.8. The average Bonchev–Trinajstić information content (AvgIpc) is 1.56. The van der Waals surface area contributed by atoms with Crippen LogP contribution in [0.1, 0.15) is 0 Å². The molecule has 0 atom stereocenters. The van der Waals surface area contributed by atoms with Gasteiger partial charge in [0, 0.05) is 135 Å². The Bertz CT molecular complexity index is 9220. The maximum atomic E-state index is 5.32. The lowest BCUT2D eigenvalue weighted by Gasteiger charge is -2.15. The fraction of sp³-hybridized carbons (Fsp3) is 0. The van der Waals surface area contributed by atoms with E-state index < -0.39 is 0 Å². The number of hydrogen-bond donors (Lipinski definition) is 0. The average molecular weight is 1690 g/mol. The van der Waals surface area contributed by atoms with E-state index >= 15 is 0 Å². The van der Waals surface area contributed by atoms with E-state index in [2.05, 4.69) is 470 Å². The molecule has 0 unspecified atom stereocenters. The van der Waals surface area contributed by atoms with Crippen LogP contribution >= 0.6 is 0 Å². The molecule has 0 aliphatic carbocycles. The van der Waals surface area contributed by atoms with Crippen molar-refractivity contribution in [2.75, 3.05) is 0 Å². The summed E-state index contributed by atoms with van der Waals surface area (Å²) in [6.07, 6.45) is 10.2. The van der Waals surface area contributed by atoms with Crippen molar-refractivity contribution in [2.45, 2.75) is 0 Å². The van der Waals surface area contributed by atoms with E-state index in [1.165, 1.54) is 87.7 Å². The number of hydrogen-bond acceptors (Lipinski definition) is 5. The molecule has 11 heteroatoms. The third kappa shape index (κ3) is 12.1. The topological polar surface area (TPSA) is 94.0 Å². The summed E-state index contributed by atoms with van der Waals surface area (Å²) in [5.74, 6) is 0. The molecule has 0 amide bonds. The van der Waals surface area contributed by atoms with Gasteiger partial charge in [-0.15, -0.1) is 0 Å². The Labute approximate surface area is 757 Å². The van der Waals surface area contributed by atoms with Crippen LogP contribution in [-0.2, 0) is 0 Å². The van der Waals surface area contributed by atoms with E-state index in [1.54, 1.807) is 0 Å². The summed E-state index contributed by atoms with van der Waals surface area (Å²) in [7, 11) is 0. The van der Waals surface area contributed by atoms with E-state index in [9.17, 15) is 0 Å². The van der Waals surface area contributed by atoms with E-state index in [-0.39, 0.29) is 0 Å². The molecule has 28 aromatic rings. The molecule has 11 nitrogen and oxygen atoms in total. The molecule has 17 aromatic carbocycles. The van der Waals surface area contributed by atoms with Crippen molar-refractivity contribution in [3.8, 4) is 78.6 Å². The zero-order valence-corrected chi connectivity index (χ0v) is 71.4. The third-order valence-corrected chi connectivity index (χ3v) is 26.5. The van der Waals surface area contributed by atoms with E-state index in [0.717, 1.165) is 155 Å². The van der Waals surface area contributed by atoms with Gasteiger partial charge < -0.3 is 27.4 Å². The van der Waals surface area contributed by atoms with Gasteiger partial charge in [0.1, 0.15) is 22.1 Å². The molecule has 0 N–H and O–H groups in total. The summed E-state index contributed by atoms with van der Waals surface area (Å²) in [4.78, 5) is 25.8. The van der Waals surface area contributed by atoms with Gasteiger partial charge in [-0.3, -0.25) is 24.9 Å². The zero-order chi connectivity index (χ0) is 86.9. The number of benzene rings is 17. The fourth-order valence-electron chi connectivity index (χ4n) is 20.7. The first-order valence-corrected chi connectivity index (χ1v) is 44.8. The molecule has 616 valence electrons. The highest BCUT2D eigenvalue weighted by molar-refractivity contribution is 6.28. The Morgan fingerprint density at radius 3 is 0.720 bits per heavy atom. The number of aromatic nitrogens is 11. The summed E-state index contributed by atoms with van der Waals surface area (Å²) in [6.45, 7) is 0. The molecule has 11 heterocycles. The predicted octanol–water partition coefficient (Wildman–Crippen LogP) is 30.7. The molecule has 0 fully saturated rings. The van der Waals surface area contributed by atoms with Crippen molar-refractivity contribution in [3.63, 3.8) is 0 Å². The lowest BCUT2D eigenvalue weighted by molar-refractivity contribution is 1.17. The maximum Gasteiger partial charge on any atom is 0.115 e. The van der Waals surface area contributed by atoms with Crippen LogP contribution in [0.5, 0.6) is 0 Å². The second-order valence-corrected chi connectivity index (χ2v) is 33.8. The van der Waals surface area contributed by atoms with Gasteiger partial charge in [-0.25, -0.2) is 0 Å². The highest BCUT2D eigenvalue weighted by atomic mass is 15.1. The Hall–Kier alpha value is -17.9. The van der Waals surface area contributed by atoms with Crippen LogP contribution in [-0.4, -0.2) is 52.3 Å². The van der Waals surface area contributed by atoms with Gasteiger partial charge in [0.15, 0.2) is 0 Å². The standard InChI is InChI=1S/C51H33N3.C38H24N4.C32H20N4/c1-4-15-34(16-5-1)37-21-14-22-40(30-37)53-48-26-13-11-24-45(48)49-51(53)44-28-27-43-42-23-10-12-25-47(42)54(50(43)46(44)33-52-49)41-31-38(35-17-6-2-7-18-35)29-39(32-41)36-19-8-3-9-20-36;1-3-11-25(12-4-1)26-19-21-28(22-20-26)42-34-18-10-8-16-30(34)32-24-39-35-36(38(32)42)40-23-31-29-15-7-9-17-33(29)41(37(31)35)27-13-5-2-6-14-27;1-3-11-21(12-4-1)35-27-17-9-7-15-23(27)25-19-34-30-29(31(25)35)33-20-26-24-16-8-10-18-28(24)36(32(26)30)22-13-5-2-6-14-22/h1-33H;1-24H;1-20H. The van der Waals surface area contributed by atoms with Crippen LogP contribution in [0.2, 0.25) is 0 Å². The minimum atomic E-state index is 0.892. The van der Waals surface area contributed by atoms with Gasteiger partial charge >= 0.3 is 0 Å². The number of pyridine rings is 5. The minimum absolute atomic E-state index is 0.892. The summed E-state index contributed by atoms with van der Waals surface area (Å²) in [6, 6.07) is 155. The largest absolute Gasteiger partial charge is 0.309 e. The van der Waals surface area contributed by atoms with Gasteiger partial charge in [0.2, 0.25) is 0 Å². The lowest BCUT2D eigenvalue weighted by atomic mass is 9.98. The monoisotopic (exact) mass is 1680 g/mol. The quantitative estimate of drug-likeness (QED) is 0.136. The number of rotatable bonds is 10. The molecule has 0 spiro atoms. The molecule has 0 bridgehead atoms. The molecular formula is C121H77N11. The van der Waals surface area contributed by atoms with Gasteiger partial charge in [0.05, 0.1) is 71.7 Å². The second kappa shape index (κ2) is 31.0. The van der Waals surface area contributed by atoms with Crippen molar-refractivity contribution in [1.29, 1.82) is 0 Å². The molecule has 28 rings (SSSR count). The molecule has 0 aliphatic heterocycles.